The summed E-state index contributed by atoms with van der Waals surface area (Å²) >= 11 is 7.37. The van der Waals surface area contributed by atoms with E-state index >= 15 is 0 Å². The number of ketones is 1. The smallest absolute Gasteiger partial charge is 0.328 e. The molecule has 2 aromatic heterocycles. The van der Waals surface area contributed by atoms with E-state index in [0.29, 0.717) is 27.3 Å². The molecule has 0 radical (unpaired) electrons. The van der Waals surface area contributed by atoms with E-state index in [4.69, 9.17) is 11.6 Å². The Kier molecular flexibility index (Phi) is 7.48. The number of carbonyl (C=O) groups excluding carboxylic acids is 2. The van der Waals surface area contributed by atoms with Crippen molar-refractivity contribution in [3.05, 3.63) is 51.2 Å². The molecular weight excluding hydrogens is 421 g/mol. The maximum atomic E-state index is 12.9. The van der Waals surface area contributed by atoms with Gasteiger partial charge in [0.15, 0.2) is 0 Å². The highest BCUT2D eigenvalue weighted by Gasteiger charge is 2.26. The van der Waals surface area contributed by atoms with Gasteiger partial charge in [0.05, 0.1) is 16.0 Å². The molecule has 2 heterocycles. The van der Waals surface area contributed by atoms with Crippen molar-refractivity contribution in [1.82, 2.24) is 14.8 Å². The molecule has 0 aliphatic rings. The van der Waals surface area contributed by atoms with Crippen LogP contribution in [0.2, 0.25) is 5.02 Å². The average molecular weight is 442 g/mol. The van der Waals surface area contributed by atoms with E-state index in [1.54, 1.807) is 35.7 Å². The van der Waals surface area contributed by atoms with Crippen molar-refractivity contribution in [1.29, 1.82) is 0 Å². The highest BCUT2D eigenvalue weighted by Crippen LogP contribution is 2.35. The van der Waals surface area contributed by atoms with Crippen LogP contribution in [0.15, 0.2) is 35.7 Å². The van der Waals surface area contributed by atoms with Gasteiger partial charge in [-0.05, 0) is 56.7 Å². The highest BCUT2D eigenvalue weighted by molar-refractivity contribution is 7.12. The van der Waals surface area contributed by atoms with Crippen LogP contribution in [0, 0.1) is 0 Å². The molecule has 1 aromatic carbocycles. The monoisotopic (exact) mass is 441 g/mol. The summed E-state index contributed by atoms with van der Waals surface area (Å²) < 4.78 is 1.13. The van der Waals surface area contributed by atoms with Crippen LogP contribution in [0.1, 0.15) is 21.7 Å². The molecule has 28 heavy (non-hydrogen) atoms. The summed E-state index contributed by atoms with van der Waals surface area (Å²) in [6.45, 7) is 1.29. The molecular formula is C19H21Cl2N3O3S. The van der Waals surface area contributed by atoms with E-state index in [9.17, 15) is 14.7 Å². The van der Waals surface area contributed by atoms with Crippen molar-refractivity contribution >= 4 is 58.1 Å². The zero-order chi connectivity index (χ0) is 19.6. The first-order valence-corrected chi connectivity index (χ1v) is 9.70. The highest BCUT2D eigenvalue weighted by atomic mass is 35.5. The molecule has 9 heteroatoms. The summed E-state index contributed by atoms with van der Waals surface area (Å²) in [5.41, 5.74) is 0.514. The lowest BCUT2D eigenvalue weighted by atomic mass is 10.1. The maximum absolute atomic E-state index is 12.9. The number of nitrogens with one attached hydrogen (secondary N) is 1. The van der Waals surface area contributed by atoms with E-state index in [-0.39, 0.29) is 29.6 Å². The zero-order valence-corrected chi connectivity index (χ0v) is 17.8. The third-order valence-corrected chi connectivity index (χ3v) is 5.24. The summed E-state index contributed by atoms with van der Waals surface area (Å²) in [5.74, 6) is -0.718. The van der Waals surface area contributed by atoms with Crippen LogP contribution >= 0.6 is 35.3 Å². The Morgan fingerprint density at radius 1 is 1.29 bits per heavy atom. The number of hydrogen-bond donors (Lipinski definition) is 2. The van der Waals surface area contributed by atoms with E-state index in [1.165, 1.54) is 11.3 Å². The Bertz CT molecular complexity index is 984. The number of hydrogen-bond acceptors (Lipinski definition) is 5. The molecule has 0 spiro atoms. The van der Waals surface area contributed by atoms with Gasteiger partial charge in [-0.2, -0.15) is 0 Å². The Morgan fingerprint density at radius 3 is 2.68 bits per heavy atom. The summed E-state index contributed by atoms with van der Waals surface area (Å²) in [4.78, 5) is 28.1. The lowest BCUT2D eigenvalue weighted by molar-refractivity contribution is 0.104. The minimum atomic E-state index is -0.483. The number of nitrogens with zero attached hydrogens (tertiary/aromatic N) is 2. The Morgan fingerprint density at radius 2 is 2.04 bits per heavy atom. The number of rotatable bonds is 6. The normalized spacial score (nSPS) is 10.9. The standard InChI is InChI=1S/C19H20ClN3O3S.ClH/c1-22(2)9-4-8-21-19(26)23-14-7-6-12(20)11-13(14)16(18(23)25)17(24)15-5-3-10-27-15;/h3,5-7,10-11,25H,4,8-9H2,1-2H3,(H,21,26);1H. The first kappa shape index (κ1) is 22.2. The fourth-order valence-electron chi connectivity index (χ4n) is 2.88. The van der Waals surface area contributed by atoms with E-state index in [2.05, 4.69) is 5.32 Å². The van der Waals surface area contributed by atoms with Crippen LogP contribution in [-0.2, 0) is 0 Å². The van der Waals surface area contributed by atoms with Gasteiger partial charge in [0, 0.05) is 17.0 Å². The molecule has 0 unspecified atom stereocenters. The number of amides is 1. The van der Waals surface area contributed by atoms with Gasteiger partial charge in [0.2, 0.25) is 11.7 Å². The van der Waals surface area contributed by atoms with Gasteiger partial charge >= 0.3 is 6.03 Å². The topological polar surface area (TPSA) is 74.6 Å². The predicted molar refractivity (Wildman–Crippen MR) is 116 cm³/mol. The summed E-state index contributed by atoms with van der Waals surface area (Å²) in [6.07, 6.45) is 0.769. The van der Waals surface area contributed by atoms with Crippen LogP contribution in [0.3, 0.4) is 0 Å². The van der Waals surface area contributed by atoms with Crippen molar-refractivity contribution in [2.45, 2.75) is 6.42 Å². The van der Waals surface area contributed by atoms with Crippen LogP contribution in [0.5, 0.6) is 5.88 Å². The Hall–Kier alpha value is -2.06. The first-order valence-electron chi connectivity index (χ1n) is 8.44. The molecule has 3 rings (SSSR count). The van der Waals surface area contributed by atoms with Gasteiger partial charge in [-0.3, -0.25) is 4.79 Å². The molecule has 0 aliphatic heterocycles. The summed E-state index contributed by atoms with van der Waals surface area (Å²) in [6, 6.07) is 7.80. The van der Waals surface area contributed by atoms with Gasteiger partial charge in [-0.1, -0.05) is 17.7 Å². The molecule has 2 N–H and O–H groups in total. The van der Waals surface area contributed by atoms with Crippen molar-refractivity contribution in [3.8, 4) is 5.88 Å². The van der Waals surface area contributed by atoms with Crippen LogP contribution in [0.25, 0.3) is 10.9 Å². The van der Waals surface area contributed by atoms with Crippen LogP contribution in [-0.4, -0.2) is 53.6 Å². The minimum Gasteiger partial charge on any atom is -0.494 e. The van der Waals surface area contributed by atoms with Gasteiger partial charge < -0.3 is 15.3 Å². The molecule has 0 atom stereocenters. The average Bonchev–Trinajstić information content (AvgIpc) is 3.23. The number of carbonyl (C=O) groups is 2. The van der Waals surface area contributed by atoms with E-state index in [0.717, 1.165) is 17.5 Å². The van der Waals surface area contributed by atoms with Gasteiger partial charge in [0.1, 0.15) is 0 Å². The second-order valence-corrected chi connectivity index (χ2v) is 7.77. The number of aromatic nitrogens is 1. The lowest BCUT2D eigenvalue weighted by Crippen LogP contribution is -2.30. The van der Waals surface area contributed by atoms with Crippen LogP contribution in [0.4, 0.5) is 4.79 Å². The van der Waals surface area contributed by atoms with Gasteiger partial charge in [-0.15, -0.1) is 23.7 Å². The molecule has 6 nitrogen and oxygen atoms in total. The molecule has 1 amide bonds. The SMILES string of the molecule is CN(C)CCCNC(=O)n1c(O)c(C(=O)c2cccs2)c2cc(Cl)ccc21.Cl. The molecule has 0 aliphatic carbocycles. The fraction of sp³-hybridized carbons (Fsp3) is 0.263. The summed E-state index contributed by atoms with van der Waals surface area (Å²) in [5, 5.41) is 16.2. The lowest BCUT2D eigenvalue weighted by Gasteiger charge is -2.11. The second kappa shape index (κ2) is 9.43. The maximum Gasteiger partial charge on any atom is 0.328 e. The molecule has 0 saturated carbocycles. The van der Waals surface area contributed by atoms with E-state index in [1.807, 2.05) is 19.0 Å². The fourth-order valence-corrected chi connectivity index (χ4v) is 3.72. The van der Waals surface area contributed by atoms with E-state index < -0.39 is 6.03 Å². The predicted octanol–water partition coefficient (Wildman–Crippen LogP) is 4.22. The second-order valence-electron chi connectivity index (χ2n) is 6.39. The number of halogens is 2. The van der Waals surface area contributed by atoms with Crippen molar-refractivity contribution < 1.29 is 14.7 Å². The third-order valence-electron chi connectivity index (χ3n) is 4.14. The third kappa shape index (κ3) is 4.50. The molecule has 0 bridgehead atoms. The quantitative estimate of drug-likeness (QED) is 0.443. The Balaban J connectivity index is 0.00000280. The van der Waals surface area contributed by atoms with Crippen LogP contribution < -0.4 is 5.32 Å². The molecule has 0 saturated heterocycles. The van der Waals surface area contributed by atoms with Crippen molar-refractivity contribution in [2.75, 3.05) is 27.2 Å². The number of aromatic hydroxyl groups is 1. The van der Waals surface area contributed by atoms with Crippen molar-refractivity contribution in [3.63, 3.8) is 0 Å². The summed E-state index contributed by atoms with van der Waals surface area (Å²) in [7, 11) is 3.92. The molecule has 3 aromatic rings. The molecule has 150 valence electrons. The number of thiophene rings is 1. The largest absolute Gasteiger partial charge is 0.494 e. The zero-order valence-electron chi connectivity index (χ0n) is 15.4. The molecule has 0 fully saturated rings. The Labute approximate surface area is 178 Å². The first-order chi connectivity index (χ1) is 12.9. The number of fused-ring (bicyclic) bond motifs is 1. The van der Waals surface area contributed by atoms with Gasteiger partial charge in [-0.25, -0.2) is 9.36 Å². The van der Waals surface area contributed by atoms with Crippen molar-refractivity contribution in [2.24, 2.45) is 0 Å². The number of benzene rings is 1. The minimum absolute atomic E-state index is 0. The van der Waals surface area contributed by atoms with Gasteiger partial charge in [0.25, 0.3) is 0 Å².